The molecular weight excluding hydrogens is 433 g/mol. The van der Waals surface area contributed by atoms with Gasteiger partial charge in [0.1, 0.15) is 0 Å². The molecule has 1 aromatic rings. The van der Waals surface area contributed by atoms with Crippen molar-refractivity contribution in [3.05, 3.63) is 21.3 Å². The zero-order valence-electron chi connectivity index (χ0n) is 18.8. The second-order valence-electron chi connectivity index (χ2n) is 8.68. The number of unbranched alkanes of at least 4 members (excludes halogenated alkanes) is 3. The van der Waals surface area contributed by atoms with Gasteiger partial charge in [0.25, 0.3) is 5.56 Å². The van der Waals surface area contributed by atoms with Crippen LogP contribution in [0.1, 0.15) is 66.7 Å². The number of H-pyrrole nitrogens is 1. The number of rotatable bonds is 12. The SMILES string of the molecule is CC(C)CC(C)(C(=O)OCCCCCCn1c(=S)[nH]cc(OC(F)(F)F)c1=O)C(C)C. The van der Waals surface area contributed by atoms with Gasteiger partial charge in [-0.25, -0.2) is 0 Å². The maximum absolute atomic E-state index is 12.6. The standard InChI is InChI=1S/C21H33F3N2O4S/c1-14(2)12-20(5,15(3)4)18(28)29-11-9-7-6-8-10-26-17(27)16(13-25-19(26)31)30-21(22,23)24/h13-15H,6-12H2,1-5H3,(H,25,31). The van der Waals surface area contributed by atoms with Crippen molar-refractivity contribution in [1.29, 1.82) is 0 Å². The summed E-state index contributed by atoms with van der Waals surface area (Å²) in [6.45, 7) is 10.6. The van der Waals surface area contributed by atoms with Gasteiger partial charge in [-0.1, -0.05) is 34.1 Å². The zero-order chi connectivity index (χ0) is 23.8. The Morgan fingerprint density at radius 1 is 1.16 bits per heavy atom. The third kappa shape index (κ3) is 8.66. The average Bonchev–Trinajstić information content (AvgIpc) is 2.63. The quantitative estimate of drug-likeness (QED) is 0.246. The van der Waals surface area contributed by atoms with Crippen LogP contribution < -0.4 is 10.3 Å². The molecule has 0 aliphatic heterocycles. The summed E-state index contributed by atoms with van der Waals surface area (Å²) in [5, 5.41) is 0. The van der Waals surface area contributed by atoms with Crippen molar-refractivity contribution in [2.75, 3.05) is 6.61 Å². The highest BCUT2D eigenvalue weighted by molar-refractivity contribution is 7.71. The zero-order valence-corrected chi connectivity index (χ0v) is 19.6. The summed E-state index contributed by atoms with van der Waals surface area (Å²) in [5.41, 5.74) is -1.44. The molecule has 1 heterocycles. The molecule has 1 aromatic heterocycles. The first-order valence-corrected chi connectivity index (χ1v) is 10.9. The number of nitrogens with one attached hydrogen (secondary N) is 1. The summed E-state index contributed by atoms with van der Waals surface area (Å²) in [5.74, 6) is -0.477. The van der Waals surface area contributed by atoms with Crippen molar-refractivity contribution < 1.29 is 27.4 Å². The fourth-order valence-corrected chi connectivity index (χ4v) is 3.58. The van der Waals surface area contributed by atoms with E-state index in [0.717, 1.165) is 23.6 Å². The van der Waals surface area contributed by atoms with Crippen LogP contribution in [-0.4, -0.2) is 28.5 Å². The number of esters is 1. The van der Waals surface area contributed by atoms with Gasteiger partial charge in [0.05, 0.1) is 18.2 Å². The van der Waals surface area contributed by atoms with Gasteiger partial charge >= 0.3 is 12.3 Å². The Hall–Kier alpha value is -1.84. The molecule has 178 valence electrons. The molecule has 0 aliphatic rings. The Morgan fingerprint density at radius 3 is 2.32 bits per heavy atom. The van der Waals surface area contributed by atoms with Crippen LogP contribution in [0, 0.1) is 22.0 Å². The van der Waals surface area contributed by atoms with E-state index < -0.39 is 23.1 Å². The molecular formula is C21H33F3N2O4S. The van der Waals surface area contributed by atoms with E-state index in [4.69, 9.17) is 17.0 Å². The molecule has 31 heavy (non-hydrogen) atoms. The number of nitrogens with zero attached hydrogens (tertiary/aromatic N) is 1. The smallest absolute Gasteiger partial charge is 0.465 e. The minimum atomic E-state index is -4.95. The Labute approximate surface area is 186 Å². The van der Waals surface area contributed by atoms with E-state index in [1.807, 2.05) is 20.8 Å². The number of carbonyl (C=O) groups is 1. The molecule has 0 aliphatic carbocycles. The van der Waals surface area contributed by atoms with Crippen molar-refractivity contribution in [3.8, 4) is 5.75 Å². The summed E-state index contributed by atoms with van der Waals surface area (Å²) in [6, 6.07) is 0. The highest BCUT2D eigenvalue weighted by atomic mass is 32.1. The maximum atomic E-state index is 12.6. The second-order valence-corrected chi connectivity index (χ2v) is 9.07. The molecule has 0 amide bonds. The summed E-state index contributed by atoms with van der Waals surface area (Å²) in [6.07, 6.45) is -0.718. The predicted octanol–water partition coefficient (Wildman–Crippen LogP) is 5.62. The van der Waals surface area contributed by atoms with Gasteiger partial charge in [0.15, 0.2) is 4.77 Å². The molecule has 1 unspecified atom stereocenters. The minimum Gasteiger partial charge on any atom is -0.465 e. The summed E-state index contributed by atoms with van der Waals surface area (Å²) in [4.78, 5) is 27.1. The van der Waals surface area contributed by atoms with Crippen LogP contribution in [0.3, 0.4) is 0 Å². The van der Waals surface area contributed by atoms with Crippen LogP contribution in [0.15, 0.2) is 11.0 Å². The lowest BCUT2D eigenvalue weighted by Gasteiger charge is -2.32. The highest BCUT2D eigenvalue weighted by Gasteiger charge is 2.38. The third-order valence-electron chi connectivity index (χ3n) is 5.34. The number of carbonyl (C=O) groups excluding carboxylic acids is 1. The molecule has 6 nitrogen and oxygen atoms in total. The number of halogens is 3. The second kappa shape index (κ2) is 11.7. The maximum Gasteiger partial charge on any atom is 0.573 e. The average molecular weight is 467 g/mol. The van der Waals surface area contributed by atoms with Gasteiger partial charge in [-0.2, -0.15) is 0 Å². The molecule has 1 N–H and O–H groups in total. The molecule has 1 atom stereocenters. The van der Waals surface area contributed by atoms with E-state index in [2.05, 4.69) is 23.6 Å². The lowest BCUT2D eigenvalue weighted by molar-refractivity contribution is -0.275. The minimum absolute atomic E-state index is 0.0339. The molecule has 10 heteroatoms. The first-order valence-electron chi connectivity index (χ1n) is 10.5. The normalized spacial score (nSPS) is 14.0. The Morgan fingerprint density at radius 2 is 1.77 bits per heavy atom. The lowest BCUT2D eigenvalue weighted by atomic mass is 9.73. The van der Waals surface area contributed by atoms with Crippen LogP contribution in [0.4, 0.5) is 13.2 Å². The summed E-state index contributed by atoms with van der Waals surface area (Å²) >= 11 is 4.99. The first kappa shape index (κ1) is 27.2. The number of alkyl halides is 3. The highest BCUT2D eigenvalue weighted by Crippen LogP contribution is 2.35. The van der Waals surface area contributed by atoms with Crippen LogP contribution in [0.5, 0.6) is 5.75 Å². The van der Waals surface area contributed by atoms with Gasteiger partial charge < -0.3 is 14.5 Å². The molecule has 1 rings (SSSR count). The summed E-state index contributed by atoms with van der Waals surface area (Å²) in [7, 11) is 0. The number of hydrogen-bond donors (Lipinski definition) is 1. The number of hydrogen-bond acceptors (Lipinski definition) is 5. The van der Waals surface area contributed by atoms with E-state index in [9.17, 15) is 22.8 Å². The Bertz CT molecular complexity index is 833. The molecule has 0 bridgehead atoms. The van der Waals surface area contributed by atoms with Crippen molar-refractivity contribution in [3.63, 3.8) is 0 Å². The van der Waals surface area contributed by atoms with Crippen molar-refractivity contribution in [2.45, 2.75) is 79.6 Å². The largest absolute Gasteiger partial charge is 0.573 e. The summed E-state index contributed by atoms with van der Waals surface area (Å²) < 4.78 is 47.4. The van der Waals surface area contributed by atoms with E-state index in [-0.39, 0.29) is 23.2 Å². The number of ether oxygens (including phenoxy) is 2. The van der Waals surface area contributed by atoms with Crippen LogP contribution in [0.2, 0.25) is 0 Å². The fraction of sp³-hybridized carbons (Fsp3) is 0.762. The molecule has 0 radical (unpaired) electrons. The van der Waals surface area contributed by atoms with Gasteiger partial charge in [-0.05, 0) is 56.7 Å². The topological polar surface area (TPSA) is 73.3 Å². The lowest BCUT2D eigenvalue weighted by Crippen LogP contribution is -2.36. The Kier molecular flexibility index (Phi) is 10.3. The molecule has 0 spiro atoms. The van der Waals surface area contributed by atoms with Crippen molar-refractivity contribution in [1.82, 2.24) is 9.55 Å². The van der Waals surface area contributed by atoms with Crippen molar-refractivity contribution >= 4 is 18.2 Å². The predicted molar refractivity (Wildman–Crippen MR) is 114 cm³/mol. The molecule has 0 saturated carbocycles. The third-order valence-corrected chi connectivity index (χ3v) is 5.67. The van der Waals surface area contributed by atoms with Crippen LogP contribution in [0.25, 0.3) is 0 Å². The number of aromatic amines is 1. The van der Waals surface area contributed by atoms with Gasteiger partial charge in [0.2, 0.25) is 5.75 Å². The Balaban J connectivity index is 2.47. The number of aromatic nitrogens is 2. The fourth-order valence-electron chi connectivity index (χ4n) is 3.35. The van der Waals surface area contributed by atoms with E-state index in [0.29, 0.717) is 31.8 Å². The van der Waals surface area contributed by atoms with Crippen LogP contribution in [-0.2, 0) is 16.1 Å². The van der Waals surface area contributed by atoms with Gasteiger partial charge in [-0.3, -0.25) is 14.2 Å². The molecule has 0 saturated heterocycles. The van der Waals surface area contributed by atoms with Crippen LogP contribution >= 0.6 is 12.2 Å². The van der Waals surface area contributed by atoms with E-state index in [1.54, 1.807) is 0 Å². The van der Waals surface area contributed by atoms with Gasteiger partial charge in [0, 0.05) is 6.54 Å². The molecule has 0 aromatic carbocycles. The van der Waals surface area contributed by atoms with E-state index in [1.165, 1.54) is 0 Å². The molecule has 0 fully saturated rings. The monoisotopic (exact) mass is 466 g/mol. The van der Waals surface area contributed by atoms with Crippen molar-refractivity contribution in [2.24, 2.45) is 17.3 Å². The van der Waals surface area contributed by atoms with Gasteiger partial charge in [-0.15, -0.1) is 13.2 Å². The van der Waals surface area contributed by atoms with E-state index >= 15 is 0 Å². The first-order chi connectivity index (χ1) is 14.3.